The van der Waals surface area contributed by atoms with Gasteiger partial charge in [0.15, 0.2) is 0 Å². The Morgan fingerprint density at radius 2 is 2.06 bits per heavy atom. The van der Waals surface area contributed by atoms with Crippen LogP contribution in [0, 0.1) is 5.41 Å². The zero-order valence-electron chi connectivity index (χ0n) is 11.8. The second-order valence-electron chi connectivity index (χ2n) is 6.78. The number of nitrogens with zero attached hydrogens (tertiary/aromatic N) is 1. The highest BCUT2D eigenvalue weighted by Crippen LogP contribution is 2.41. The van der Waals surface area contributed by atoms with E-state index in [0.29, 0.717) is 17.4 Å². The molecule has 3 unspecified atom stereocenters. The van der Waals surface area contributed by atoms with Crippen LogP contribution in [0.3, 0.4) is 0 Å². The molecule has 0 spiro atoms. The first-order valence-corrected chi connectivity index (χ1v) is 6.89. The summed E-state index contributed by atoms with van der Waals surface area (Å²) in [6, 6.07) is 0.438. The number of hydrogen-bond acceptors (Lipinski definition) is 2. The molecule has 2 fully saturated rings. The maximum atomic E-state index is 12.5. The number of carbonyl (C=O) groups excluding carboxylic acids is 1. The lowest BCUT2D eigenvalue weighted by atomic mass is 9.91. The van der Waals surface area contributed by atoms with Gasteiger partial charge in [-0.15, -0.1) is 0 Å². The van der Waals surface area contributed by atoms with Gasteiger partial charge in [-0.1, -0.05) is 20.8 Å². The molecule has 2 rings (SSSR count). The quantitative estimate of drug-likeness (QED) is 0.801. The molecule has 1 amide bonds. The van der Waals surface area contributed by atoms with Gasteiger partial charge in [0.2, 0.25) is 5.91 Å². The third-order valence-electron chi connectivity index (χ3n) is 4.69. The highest BCUT2D eigenvalue weighted by atomic mass is 16.2. The lowest BCUT2D eigenvalue weighted by Crippen LogP contribution is -2.44. The van der Waals surface area contributed by atoms with Crippen LogP contribution in [0.1, 0.15) is 60.3 Å². The molecule has 17 heavy (non-hydrogen) atoms. The summed E-state index contributed by atoms with van der Waals surface area (Å²) in [5.74, 6) is 0.301. The predicted octanol–water partition coefficient (Wildman–Crippen LogP) is 2.51. The van der Waals surface area contributed by atoms with Crippen LogP contribution in [-0.4, -0.2) is 28.6 Å². The van der Waals surface area contributed by atoms with Crippen molar-refractivity contribution in [2.45, 2.75) is 78.0 Å². The van der Waals surface area contributed by atoms with Crippen LogP contribution in [-0.2, 0) is 4.79 Å². The van der Waals surface area contributed by atoms with Crippen molar-refractivity contribution in [1.82, 2.24) is 10.2 Å². The SMILES string of the molecule is CCC1(C)NC(C)N(C2CCC(C)(C)C2)C1=O. The Hall–Kier alpha value is -0.570. The summed E-state index contributed by atoms with van der Waals surface area (Å²) in [4.78, 5) is 14.6. The van der Waals surface area contributed by atoms with Crippen molar-refractivity contribution in [3.63, 3.8) is 0 Å². The molecule has 0 aromatic carbocycles. The van der Waals surface area contributed by atoms with Crippen LogP contribution in [0.4, 0.5) is 0 Å². The van der Waals surface area contributed by atoms with Crippen LogP contribution < -0.4 is 5.32 Å². The topological polar surface area (TPSA) is 32.3 Å². The molecule has 1 heterocycles. The predicted molar refractivity (Wildman–Crippen MR) is 69.6 cm³/mol. The van der Waals surface area contributed by atoms with Crippen molar-refractivity contribution in [2.75, 3.05) is 0 Å². The molecule has 1 saturated heterocycles. The standard InChI is InChI=1S/C14H26N2O/c1-6-14(5)12(17)16(10(2)15-14)11-7-8-13(3,4)9-11/h10-11,15H,6-9H2,1-5H3. The Morgan fingerprint density at radius 3 is 2.47 bits per heavy atom. The highest BCUT2D eigenvalue weighted by Gasteiger charge is 2.49. The Balaban J connectivity index is 2.15. The van der Waals surface area contributed by atoms with Gasteiger partial charge < -0.3 is 4.90 Å². The summed E-state index contributed by atoms with van der Waals surface area (Å²) in [7, 11) is 0. The molecular weight excluding hydrogens is 212 g/mol. The van der Waals surface area contributed by atoms with Crippen LogP contribution in [0.15, 0.2) is 0 Å². The summed E-state index contributed by atoms with van der Waals surface area (Å²) in [5.41, 5.74) is 0.0576. The average Bonchev–Trinajstić information content (AvgIpc) is 2.67. The lowest BCUT2D eigenvalue weighted by Gasteiger charge is -2.29. The minimum Gasteiger partial charge on any atom is -0.323 e. The molecule has 1 aliphatic heterocycles. The molecule has 1 aliphatic carbocycles. The van der Waals surface area contributed by atoms with Gasteiger partial charge in [0.1, 0.15) is 0 Å². The van der Waals surface area contributed by atoms with Gasteiger partial charge in [-0.3, -0.25) is 10.1 Å². The van der Waals surface area contributed by atoms with Gasteiger partial charge in [0.05, 0.1) is 11.7 Å². The van der Waals surface area contributed by atoms with Crippen molar-refractivity contribution < 1.29 is 4.79 Å². The van der Waals surface area contributed by atoms with E-state index in [1.54, 1.807) is 0 Å². The number of nitrogens with one attached hydrogen (secondary N) is 1. The van der Waals surface area contributed by atoms with Gasteiger partial charge in [0, 0.05) is 6.04 Å². The van der Waals surface area contributed by atoms with Crippen molar-refractivity contribution in [3.05, 3.63) is 0 Å². The smallest absolute Gasteiger partial charge is 0.244 e. The van der Waals surface area contributed by atoms with E-state index in [-0.39, 0.29) is 11.7 Å². The minimum absolute atomic E-state index is 0.186. The van der Waals surface area contributed by atoms with Crippen LogP contribution >= 0.6 is 0 Å². The first kappa shape index (κ1) is 12.9. The van der Waals surface area contributed by atoms with Crippen molar-refractivity contribution in [3.8, 4) is 0 Å². The van der Waals surface area contributed by atoms with Gasteiger partial charge in [0.25, 0.3) is 0 Å². The average molecular weight is 238 g/mol. The van der Waals surface area contributed by atoms with Gasteiger partial charge >= 0.3 is 0 Å². The second kappa shape index (κ2) is 3.98. The summed E-state index contributed by atoms with van der Waals surface area (Å²) in [6.07, 6.45) is 4.58. The molecule has 3 nitrogen and oxygen atoms in total. The first-order valence-electron chi connectivity index (χ1n) is 6.89. The summed E-state index contributed by atoms with van der Waals surface area (Å²) in [5, 5.41) is 3.46. The number of carbonyl (C=O) groups is 1. The van der Waals surface area contributed by atoms with E-state index < -0.39 is 0 Å². The van der Waals surface area contributed by atoms with Gasteiger partial charge in [-0.2, -0.15) is 0 Å². The van der Waals surface area contributed by atoms with E-state index in [9.17, 15) is 4.79 Å². The molecule has 1 N–H and O–H groups in total. The zero-order chi connectivity index (χ0) is 12.8. The van der Waals surface area contributed by atoms with Gasteiger partial charge in [-0.05, 0) is 44.9 Å². The van der Waals surface area contributed by atoms with Gasteiger partial charge in [-0.25, -0.2) is 0 Å². The molecule has 0 aromatic rings. The zero-order valence-corrected chi connectivity index (χ0v) is 11.8. The van der Waals surface area contributed by atoms with E-state index in [4.69, 9.17) is 0 Å². The Bertz CT molecular complexity index is 326. The molecule has 1 saturated carbocycles. The van der Waals surface area contributed by atoms with Crippen molar-refractivity contribution in [2.24, 2.45) is 5.41 Å². The Kier molecular flexibility index (Phi) is 3.01. The van der Waals surface area contributed by atoms with E-state index >= 15 is 0 Å². The lowest BCUT2D eigenvalue weighted by molar-refractivity contribution is -0.134. The van der Waals surface area contributed by atoms with Crippen LogP contribution in [0.5, 0.6) is 0 Å². The normalized spacial score (nSPS) is 41.2. The fourth-order valence-corrected chi connectivity index (χ4v) is 3.43. The molecular formula is C14H26N2O. The van der Waals surface area contributed by atoms with E-state index in [1.807, 2.05) is 6.92 Å². The van der Waals surface area contributed by atoms with E-state index in [0.717, 1.165) is 19.3 Å². The largest absolute Gasteiger partial charge is 0.323 e. The summed E-state index contributed by atoms with van der Waals surface area (Å²) in [6.45, 7) is 10.9. The van der Waals surface area contributed by atoms with Crippen molar-refractivity contribution in [1.29, 1.82) is 0 Å². The highest BCUT2D eigenvalue weighted by molar-refractivity contribution is 5.88. The molecule has 0 bridgehead atoms. The van der Waals surface area contributed by atoms with Crippen LogP contribution in [0.25, 0.3) is 0 Å². The number of amides is 1. The van der Waals surface area contributed by atoms with Crippen LogP contribution in [0.2, 0.25) is 0 Å². The fourth-order valence-electron chi connectivity index (χ4n) is 3.43. The summed E-state index contributed by atoms with van der Waals surface area (Å²) < 4.78 is 0. The third-order valence-corrected chi connectivity index (χ3v) is 4.69. The molecule has 98 valence electrons. The second-order valence-corrected chi connectivity index (χ2v) is 6.78. The maximum absolute atomic E-state index is 12.5. The van der Waals surface area contributed by atoms with Crippen molar-refractivity contribution >= 4 is 5.91 Å². The minimum atomic E-state index is -0.341. The van der Waals surface area contributed by atoms with E-state index in [1.165, 1.54) is 6.42 Å². The summed E-state index contributed by atoms with van der Waals surface area (Å²) >= 11 is 0. The Morgan fingerprint density at radius 1 is 1.41 bits per heavy atom. The monoisotopic (exact) mass is 238 g/mol. The molecule has 2 aliphatic rings. The first-order chi connectivity index (χ1) is 7.79. The molecule has 3 atom stereocenters. The number of hydrogen-bond donors (Lipinski definition) is 1. The molecule has 0 radical (unpaired) electrons. The third kappa shape index (κ3) is 2.10. The van der Waals surface area contributed by atoms with E-state index in [2.05, 4.69) is 37.9 Å². The fraction of sp³-hybridized carbons (Fsp3) is 0.929. The number of rotatable bonds is 2. The molecule has 0 aromatic heterocycles. The Labute approximate surface area is 105 Å². The maximum Gasteiger partial charge on any atom is 0.244 e. The molecule has 3 heteroatoms.